The molecule has 11 nitrogen and oxygen atoms in total. The Morgan fingerprint density at radius 3 is 2.50 bits per heavy atom. The summed E-state index contributed by atoms with van der Waals surface area (Å²) in [5, 5.41) is 80.9. The zero-order valence-electron chi connectivity index (χ0n) is 36.8. The Labute approximate surface area is 358 Å². The van der Waals surface area contributed by atoms with E-state index in [0.29, 0.717) is 62.1 Å². The highest BCUT2D eigenvalue weighted by Crippen LogP contribution is 2.74. The number of carbonyl (C=O) groups is 1. The Morgan fingerprint density at radius 2 is 1.77 bits per heavy atom. The first-order valence-corrected chi connectivity index (χ1v) is 24.3. The summed E-state index contributed by atoms with van der Waals surface area (Å²) in [6.45, 7) is 7.98. The van der Waals surface area contributed by atoms with Gasteiger partial charge in [-0.3, -0.25) is 4.79 Å². The van der Waals surface area contributed by atoms with Gasteiger partial charge in [0.15, 0.2) is 5.78 Å². The lowest BCUT2D eigenvalue weighted by Gasteiger charge is -2.67. The molecule has 10 N–H and O–H groups in total. The third-order valence-corrected chi connectivity index (χ3v) is 19.3. The molecule has 7 fully saturated rings. The van der Waals surface area contributed by atoms with Crippen LogP contribution in [0.5, 0.6) is 0 Å². The summed E-state index contributed by atoms with van der Waals surface area (Å²) in [6.07, 6.45) is 16.9. The van der Waals surface area contributed by atoms with Crippen LogP contribution in [0.1, 0.15) is 143 Å². The predicted molar refractivity (Wildman–Crippen MR) is 228 cm³/mol. The molecule has 9 aliphatic rings. The quantitative estimate of drug-likeness (QED) is 0.154. The summed E-state index contributed by atoms with van der Waals surface area (Å²) in [5.41, 5.74) is 1.92. The van der Waals surface area contributed by atoms with Crippen molar-refractivity contribution in [2.45, 2.75) is 197 Å². The molecule has 9 rings (SSSR count). The Bertz CT molecular complexity index is 1750. The average molecular weight is 836 g/mol. The lowest BCUT2D eigenvalue weighted by Crippen LogP contribution is -2.71. The third kappa shape index (κ3) is 6.34. The number of nitrogens with one attached hydrogen (secondary N) is 2. The van der Waals surface area contributed by atoms with Gasteiger partial charge < -0.3 is 51.7 Å². The van der Waals surface area contributed by atoms with E-state index in [9.17, 15) is 30.6 Å². The first-order chi connectivity index (χ1) is 28.5. The molecule has 11 heteroatoms. The van der Waals surface area contributed by atoms with Crippen molar-refractivity contribution < 1.29 is 40.2 Å². The summed E-state index contributed by atoms with van der Waals surface area (Å²) in [5.74, 6) is -0.668. The molecule has 0 aromatic carbocycles. The molecule has 0 aromatic rings. The van der Waals surface area contributed by atoms with Crippen LogP contribution in [-0.4, -0.2) is 96.5 Å². The number of Topliss-reactive ketones (excluding diaryl/α,β-unsaturated/α-hetero) is 1. The van der Waals surface area contributed by atoms with Gasteiger partial charge in [0, 0.05) is 24.1 Å². The Hall–Kier alpha value is -1.83. The van der Waals surface area contributed by atoms with E-state index in [-0.39, 0.29) is 48.8 Å². The van der Waals surface area contributed by atoms with Gasteiger partial charge >= 0.3 is 0 Å². The van der Waals surface area contributed by atoms with Gasteiger partial charge in [0.05, 0.1) is 53.6 Å². The lowest BCUT2D eigenvalue weighted by molar-refractivity contribution is -0.254. The number of hydrogen-bond donors (Lipinski definition) is 9. The van der Waals surface area contributed by atoms with Crippen molar-refractivity contribution in [3.05, 3.63) is 35.2 Å². The summed E-state index contributed by atoms with van der Waals surface area (Å²) < 4.78 is 7.06. The number of ketones is 1. The zero-order valence-corrected chi connectivity index (χ0v) is 36.8. The van der Waals surface area contributed by atoms with Crippen LogP contribution in [0.25, 0.3) is 0 Å². The molecule has 6 saturated carbocycles. The van der Waals surface area contributed by atoms with E-state index in [1.165, 1.54) is 19.3 Å². The second-order valence-corrected chi connectivity index (χ2v) is 22.2. The number of aliphatic hydroxyl groups excluding tert-OH is 3. The molecule has 19 unspecified atom stereocenters. The summed E-state index contributed by atoms with van der Waals surface area (Å²) >= 11 is 0. The number of rotatable bonds is 9. The van der Waals surface area contributed by atoms with E-state index in [2.05, 4.69) is 30.6 Å². The fourth-order valence-corrected chi connectivity index (χ4v) is 16.6. The smallest absolute Gasteiger partial charge is 0.182 e. The van der Waals surface area contributed by atoms with Gasteiger partial charge in [-0.2, -0.15) is 0 Å². The molecule has 2 heterocycles. The highest BCUT2D eigenvalue weighted by molar-refractivity contribution is 6.00. The van der Waals surface area contributed by atoms with Gasteiger partial charge in [-0.25, -0.2) is 0 Å². The van der Waals surface area contributed by atoms with E-state index in [1.54, 1.807) is 6.92 Å². The van der Waals surface area contributed by atoms with Crippen LogP contribution in [0.4, 0.5) is 0 Å². The van der Waals surface area contributed by atoms with Gasteiger partial charge in [-0.15, -0.1) is 0 Å². The molecule has 2 aliphatic heterocycles. The molecule has 1 saturated heterocycles. The number of fused-ring (bicyclic) bond motifs is 6. The molecule has 19 atom stereocenters. The average Bonchev–Trinajstić information content (AvgIpc) is 3.54. The van der Waals surface area contributed by atoms with E-state index >= 15 is 4.79 Å². The molecule has 336 valence electrons. The topological polar surface area (TPSA) is 198 Å². The number of nitrogens with two attached hydrogens (primary N) is 1. The van der Waals surface area contributed by atoms with Crippen molar-refractivity contribution in [1.82, 2.24) is 10.6 Å². The zero-order chi connectivity index (χ0) is 42.6. The second kappa shape index (κ2) is 15.7. The number of dihydropyridines is 1. The summed E-state index contributed by atoms with van der Waals surface area (Å²) in [7, 11) is 0. The Kier molecular flexibility index (Phi) is 11.4. The van der Waals surface area contributed by atoms with Crippen LogP contribution in [0.15, 0.2) is 35.2 Å². The van der Waals surface area contributed by atoms with Gasteiger partial charge in [0.1, 0.15) is 5.60 Å². The number of hydrogen-bond acceptors (Lipinski definition) is 11. The molecule has 7 aliphatic carbocycles. The van der Waals surface area contributed by atoms with Gasteiger partial charge in [0.25, 0.3) is 0 Å². The maximum absolute atomic E-state index is 15.5. The fourth-order valence-electron chi connectivity index (χ4n) is 16.6. The maximum atomic E-state index is 15.5. The molecule has 0 radical (unpaired) electrons. The summed E-state index contributed by atoms with van der Waals surface area (Å²) in [4.78, 5) is 15.5. The van der Waals surface area contributed by atoms with E-state index in [4.69, 9.17) is 10.5 Å². The van der Waals surface area contributed by atoms with Crippen LogP contribution >= 0.6 is 0 Å². The molecular formula is C49H77N3O8. The molecule has 0 aromatic heterocycles. The second-order valence-electron chi connectivity index (χ2n) is 22.2. The number of allylic oxidation sites excluding steroid dienone is 3. The number of aliphatic hydroxyl groups is 6. The highest BCUT2D eigenvalue weighted by atomic mass is 16.5. The van der Waals surface area contributed by atoms with Crippen LogP contribution < -0.4 is 16.4 Å². The Balaban J connectivity index is 1.11. The van der Waals surface area contributed by atoms with Crippen molar-refractivity contribution in [1.29, 1.82) is 0 Å². The highest BCUT2D eigenvalue weighted by Gasteiger charge is 2.75. The van der Waals surface area contributed by atoms with Gasteiger partial charge in [-0.05, 0) is 161 Å². The Morgan fingerprint density at radius 1 is 1.00 bits per heavy atom. The van der Waals surface area contributed by atoms with Gasteiger partial charge in [0.2, 0.25) is 0 Å². The third-order valence-electron chi connectivity index (χ3n) is 19.3. The van der Waals surface area contributed by atoms with Crippen molar-refractivity contribution in [3.63, 3.8) is 0 Å². The monoisotopic (exact) mass is 836 g/mol. The standard InChI is InChI=1S/C49H77N3O8/c1-5-8-28-10-14-31-32-9-6-7-20-49(59,44(32)60-36(31)16-11-28)46(4,57)37-19-22-48(58)40-34(18-21-45(37,48)3)47-24-35(54)42(55)33(39(47)43(56)41(40)52-25-27(2)53)15-13-30(47)23-29-12-17-38(50)51-26-29/h12,17,26-28,30-39,42,44,51-55,57-59H,5-11,13-16,18-25,50H2,1-4H3. The van der Waals surface area contributed by atoms with Crippen LogP contribution in [-0.2, 0) is 9.53 Å². The predicted octanol–water partition coefficient (Wildman–Crippen LogP) is 4.87. The molecule has 0 amide bonds. The maximum Gasteiger partial charge on any atom is 0.182 e. The van der Waals surface area contributed by atoms with Crippen LogP contribution in [0.3, 0.4) is 0 Å². The molecular weight excluding hydrogens is 759 g/mol. The van der Waals surface area contributed by atoms with Crippen molar-refractivity contribution in [3.8, 4) is 0 Å². The fraction of sp³-hybridized carbons (Fsp3) is 0.857. The first kappa shape index (κ1) is 43.4. The van der Waals surface area contributed by atoms with Crippen molar-refractivity contribution >= 4 is 5.78 Å². The minimum absolute atomic E-state index is 0.0170. The molecule has 0 spiro atoms. The molecule has 2 bridgehead atoms. The van der Waals surface area contributed by atoms with Crippen molar-refractivity contribution in [2.24, 2.45) is 63.9 Å². The number of ether oxygens (including phenoxy) is 1. The first-order valence-electron chi connectivity index (χ1n) is 24.3. The van der Waals surface area contributed by atoms with E-state index in [0.717, 1.165) is 56.4 Å². The minimum Gasteiger partial charge on any atom is -0.392 e. The van der Waals surface area contributed by atoms with Crippen LogP contribution in [0, 0.1) is 58.2 Å². The van der Waals surface area contributed by atoms with Crippen molar-refractivity contribution in [2.75, 3.05) is 6.54 Å². The lowest BCUT2D eigenvalue weighted by atomic mass is 9.37. The summed E-state index contributed by atoms with van der Waals surface area (Å²) in [6, 6.07) is 0. The molecule has 60 heavy (non-hydrogen) atoms. The normalized spacial score (nSPS) is 50.1. The van der Waals surface area contributed by atoms with E-state index < -0.39 is 69.8 Å². The van der Waals surface area contributed by atoms with Gasteiger partial charge in [-0.1, -0.05) is 52.0 Å². The van der Waals surface area contributed by atoms with E-state index in [1.807, 2.05) is 19.2 Å². The van der Waals surface area contributed by atoms with Crippen LogP contribution in [0.2, 0.25) is 0 Å². The largest absolute Gasteiger partial charge is 0.392 e. The minimum atomic E-state index is -1.61. The SMILES string of the molecule is CCCC1CCC2OC3C(CCCCC3(O)C(C)(O)C3CCC4(O)C5=C(NCC(C)O)C(=O)C6C7CCC(CC8=CNC(N)C=C8)C6(CC(O)C7O)C5CCC34C)C2CC1. The number of carbonyl (C=O) groups excluding carboxylic acids is 1.